The normalized spacial score (nSPS) is 29.1. The lowest BCUT2D eigenvalue weighted by Crippen LogP contribution is -2.39. The maximum Gasteiger partial charge on any atom is 0.305 e. The summed E-state index contributed by atoms with van der Waals surface area (Å²) in [5.41, 5.74) is 0. The van der Waals surface area contributed by atoms with Crippen molar-refractivity contribution in [1.82, 2.24) is 4.90 Å². The second kappa shape index (κ2) is 5.30. The fraction of sp³-hybridized carbons (Fsp3) is 0.818. The predicted octanol–water partition coefficient (Wildman–Crippen LogP) is 0.733. The summed E-state index contributed by atoms with van der Waals surface area (Å²) in [4.78, 5) is 23.8. The van der Waals surface area contributed by atoms with Gasteiger partial charge < -0.3 is 14.7 Å². The zero-order chi connectivity index (χ0) is 12.3. The van der Waals surface area contributed by atoms with Crippen LogP contribution in [0.2, 0.25) is 0 Å². The number of amides is 1. The first-order valence-corrected chi connectivity index (χ1v) is 5.54. The first-order chi connectivity index (χ1) is 7.41. The van der Waals surface area contributed by atoms with Crippen LogP contribution >= 0.6 is 0 Å². The SMILES string of the molecule is CC1CC(C)C(C(=O)N(C)CCC(=O)O)O1. The lowest BCUT2D eigenvalue weighted by molar-refractivity contribution is -0.144. The summed E-state index contributed by atoms with van der Waals surface area (Å²) in [6.45, 7) is 4.16. The van der Waals surface area contributed by atoms with Crippen LogP contribution in [0.4, 0.5) is 0 Å². The van der Waals surface area contributed by atoms with Gasteiger partial charge in [0.05, 0.1) is 12.5 Å². The molecule has 16 heavy (non-hydrogen) atoms. The molecule has 1 aliphatic heterocycles. The topological polar surface area (TPSA) is 66.8 Å². The van der Waals surface area contributed by atoms with Crippen molar-refractivity contribution in [2.24, 2.45) is 5.92 Å². The maximum atomic E-state index is 11.9. The Morgan fingerprint density at radius 3 is 2.50 bits per heavy atom. The molecule has 0 aromatic heterocycles. The number of carboxylic acid groups (broad SMARTS) is 1. The number of carbonyl (C=O) groups is 2. The van der Waals surface area contributed by atoms with Crippen molar-refractivity contribution in [2.75, 3.05) is 13.6 Å². The second-order valence-corrected chi connectivity index (χ2v) is 4.48. The molecule has 1 N–H and O–H groups in total. The van der Waals surface area contributed by atoms with Gasteiger partial charge in [-0.15, -0.1) is 0 Å². The van der Waals surface area contributed by atoms with E-state index in [-0.39, 0.29) is 30.9 Å². The van der Waals surface area contributed by atoms with E-state index in [1.54, 1.807) is 7.05 Å². The monoisotopic (exact) mass is 229 g/mol. The summed E-state index contributed by atoms with van der Waals surface area (Å²) in [5.74, 6) is -0.804. The molecule has 0 aliphatic carbocycles. The highest BCUT2D eigenvalue weighted by molar-refractivity contribution is 5.81. The van der Waals surface area contributed by atoms with Crippen molar-refractivity contribution in [3.05, 3.63) is 0 Å². The van der Waals surface area contributed by atoms with Crippen LogP contribution in [-0.4, -0.2) is 47.7 Å². The van der Waals surface area contributed by atoms with Gasteiger partial charge in [0.2, 0.25) is 0 Å². The third kappa shape index (κ3) is 3.20. The first-order valence-electron chi connectivity index (χ1n) is 5.54. The van der Waals surface area contributed by atoms with Gasteiger partial charge in [0.1, 0.15) is 6.10 Å². The number of ether oxygens (including phenoxy) is 1. The van der Waals surface area contributed by atoms with E-state index in [0.29, 0.717) is 0 Å². The van der Waals surface area contributed by atoms with Gasteiger partial charge in [-0.2, -0.15) is 0 Å². The quantitative estimate of drug-likeness (QED) is 0.771. The van der Waals surface area contributed by atoms with E-state index < -0.39 is 12.1 Å². The van der Waals surface area contributed by atoms with Crippen molar-refractivity contribution in [1.29, 1.82) is 0 Å². The highest BCUT2D eigenvalue weighted by Gasteiger charge is 2.36. The lowest BCUT2D eigenvalue weighted by atomic mass is 10.0. The molecular formula is C11H19NO4. The zero-order valence-electron chi connectivity index (χ0n) is 9.97. The molecule has 5 heteroatoms. The fourth-order valence-corrected chi connectivity index (χ4v) is 1.98. The minimum Gasteiger partial charge on any atom is -0.481 e. The first kappa shape index (κ1) is 13.0. The molecule has 1 rings (SSSR count). The Bertz CT molecular complexity index is 279. The van der Waals surface area contributed by atoms with Gasteiger partial charge in [0, 0.05) is 13.6 Å². The van der Waals surface area contributed by atoms with Gasteiger partial charge in [-0.05, 0) is 19.3 Å². The van der Waals surface area contributed by atoms with Crippen molar-refractivity contribution in [2.45, 2.75) is 38.9 Å². The predicted molar refractivity (Wildman–Crippen MR) is 58.0 cm³/mol. The highest BCUT2D eigenvalue weighted by Crippen LogP contribution is 2.26. The van der Waals surface area contributed by atoms with E-state index in [0.717, 1.165) is 6.42 Å². The summed E-state index contributed by atoms with van der Waals surface area (Å²) < 4.78 is 5.52. The Morgan fingerprint density at radius 2 is 2.06 bits per heavy atom. The van der Waals surface area contributed by atoms with Crippen molar-refractivity contribution in [3.8, 4) is 0 Å². The van der Waals surface area contributed by atoms with Crippen LogP contribution in [0.1, 0.15) is 26.7 Å². The third-order valence-electron chi connectivity index (χ3n) is 2.88. The summed E-state index contributed by atoms with van der Waals surface area (Å²) in [5, 5.41) is 8.53. The van der Waals surface area contributed by atoms with Crippen LogP contribution in [0.15, 0.2) is 0 Å². The molecular weight excluding hydrogens is 210 g/mol. The van der Waals surface area contributed by atoms with Gasteiger partial charge in [-0.1, -0.05) is 6.92 Å². The second-order valence-electron chi connectivity index (χ2n) is 4.48. The molecule has 3 atom stereocenters. The number of nitrogens with zero attached hydrogens (tertiary/aromatic N) is 1. The molecule has 0 saturated carbocycles. The van der Waals surface area contributed by atoms with Gasteiger partial charge >= 0.3 is 5.97 Å². The molecule has 1 heterocycles. The van der Waals surface area contributed by atoms with E-state index in [2.05, 4.69) is 0 Å². The standard InChI is InChI=1S/C11H19NO4/c1-7-6-8(2)16-10(7)11(15)12(3)5-4-9(13)14/h7-8,10H,4-6H2,1-3H3,(H,13,14). The molecule has 5 nitrogen and oxygen atoms in total. The third-order valence-corrected chi connectivity index (χ3v) is 2.88. The van der Waals surface area contributed by atoms with Crippen molar-refractivity contribution in [3.63, 3.8) is 0 Å². The van der Waals surface area contributed by atoms with E-state index in [1.807, 2.05) is 13.8 Å². The minimum atomic E-state index is -0.895. The number of hydrogen-bond donors (Lipinski definition) is 1. The maximum absolute atomic E-state index is 11.9. The zero-order valence-corrected chi connectivity index (χ0v) is 9.97. The van der Waals surface area contributed by atoms with E-state index >= 15 is 0 Å². The smallest absolute Gasteiger partial charge is 0.305 e. The van der Waals surface area contributed by atoms with Gasteiger partial charge in [-0.3, -0.25) is 9.59 Å². The summed E-state index contributed by atoms with van der Waals surface area (Å²) in [6.07, 6.45) is 0.549. The highest BCUT2D eigenvalue weighted by atomic mass is 16.5. The van der Waals surface area contributed by atoms with E-state index in [4.69, 9.17) is 9.84 Å². The minimum absolute atomic E-state index is 0.0289. The molecule has 0 aromatic rings. The largest absolute Gasteiger partial charge is 0.481 e. The number of carbonyl (C=O) groups excluding carboxylic acids is 1. The van der Waals surface area contributed by atoms with Crippen molar-refractivity contribution >= 4 is 11.9 Å². The molecule has 0 spiro atoms. The van der Waals surface area contributed by atoms with Crippen LogP contribution in [0.25, 0.3) is 0 Å². The lowest BCUT2D eigenvalue weighted by Gasteiger charge is -2.22. The Hall–Kier alpha value is -1.10. The van der Waals surface area contributed by atoms with Gasteiger partial charge in [-0.25, -0.2) is 0 Å². The molecule has 0 bridgehead atoms. The Morgan fingerprint density at radius 1 is 1.44 bits per heavy atom. The number of aliphatic carboxylic acids is 1. The van der Waals surface area contributed by atoms with Crippen LogP contribution < -0.4 is 0 Å². The average molecular weight is 229 g/mol. The Balaban J connectivity index is 2.47. The number of rotatable bonds is 4. The molecule has 1 saturated heterocycles. The van der Waals surface area contributed by atoms with Crippen LogP contribution in [0.3, 0.4) is 0 Å². The van der Waals surface area contributed by atoms with Gasteiger partial charge in [0.25, 0.3) is 5.91 Å². The molecule has 92 valence electrons. The average Bonchev–Trinajstić information content (AvgIpc) is 2.53. The molecule has 1 fully saturated rings. The van der Waals surface area contributed by atoms with E-state index in [1.165, 1.54) is 4.90 Å². The summed E-state index contributed by atoms with van der Waals surface area (Å²) in [6, 6.07) is 0. The molecule has 0 aromatic carbocycles. The summed E-state index contributed by atoms with van der Waals surface area (Å²) >= 11 is 0. The van der Waals surface area contributed by atoms with E-state index in [9.17, 15) is 9.59 Å². The Labute approximate surface area is 95.4 Å². The Kier molecular flexibility index (Phi) is 4.29. The molecule has 1 amide bonds. The van der Waals surface area contributed by atoms with Gasteiger partial charge in [0.15, 0.2) is 0 Å². The number of likely N-dealkylation sites (N-methyl/N-ethyl adjacent to an activating group) is 1. The number of hydrogen-bond acceptors (Lipinski definition) is 3. The van der Waals surface area contributed by atoms with Crippen molar-refractivity contribution < 1.29 is 19.4 Å². The number of carboxylic acids is 1. The molecule has 1 aliphatic rings. The molecule has 3 unspecified atom stereocenters. The molecule has 0 radical (unpaired) electrons. The summed E-state index contributed by atoms with van der Waals surface area (Å²) in [7, 11) is 1.62. The van der Waals surface area contributed by atoms with Crippen LogP contribution in [0, 0.1) is 5.92 Å². The van der Waals surface area contributed by atoms with Crippen LogP contribution in [0.5, 0.6) is 0 Å². The van der Waals surface area contributed by atoms with Crippen LogP contribution in [-0.2, 0) is 14.3 Å². The fourth-order valence-electron chi connectivity index (χ4n) is 1.98.